The highest BCUT2D eigenvalue weighted by molar-refractivity contribution is 5.94. The van der Waals surface area contributed by atoms with E-state index in [1.807, 2.05) is 0 Å². The number of carboxylic acid groups (broad SMARTS) is 1. The Morgan fingerprint density at radius 1 is 1.24 bits per heavy atom. The first kappa shape index (κ1) is 12.9. The molecule has 6 nitrogen and oxygen atoms in total. The van der Waals surface area contributed by atoms with Crippen molar-refractivity contribution in [1.82, 2.24) is 19.7 Å². The van der Waals surface area contributed by atoms with E-state index in [2.05, 4.69) is 15.1 Å². The summed E-state index contributed by atoms with van der Waals surface area (Å²) in [4.78, 5) is 19.2. The van der Waals surface area contributed by atoms with Crippen LogP contribution < -0.4 is 0 Å². The molecule has 21 heavy (non-hydrogen) atoms. The molecule has 0 fully saturated rings. The minimum atomic E-state index is -1.17. The van der Waals surface area contributed by atoms with E-state index in [1.54, 1.807) is 12.1 Å². The van der Waals surface area contributed by atoms with Crippen LogP contribution in [0.5, 0.6) is 0 Å². The monoisotopic (exact) mass is 284 g/mol. The van der Waals surface area contributed by atoms with Gasteiger partial charge in [0, 0.05) is 18.6 Å². The fraction of sp³-hybridized carbons (Fsp3) is 0. The number of rotatable bonds is 3. The number of hydrogen-bond acceptors (Lipinski definition) is 4. The summed E-state index contributed by atoms with van der Waals surface area (Å²) in [6.45, 7) is 0. The molecule has 0 amide bonds. The number of hydrogen-bond donors (Lipinski definition) is 1. The molecule has 7 heteroatoms. The molecule has 1 aromatic carbocycles. The zero-order valence-corrected chi connectivity index (χ0v) is 10.6. The van der Waals surface area contributed by atoms with Crippen LogP contribution in [0.2, 0.25) is 0 Å². The Hall–Kier alpha value is -3.09. The Balaban J connectivity index is 2.18. The normalized spacial score (nSPS) is 10.5. The van der Waals surface area contributed by atoms with Crippen LogP contribution in [0.4, 0.5) is 4.39 Å². The van der Waals surface area contributed by atoms with Crippen LogP contribution in [0.3, 0.4) is 0 Å². The van der Waals surface area contributed by atoms with Crippen molar-refractivity contribution in [2.45, 2.75) is 0 Å². The van der Waals surface area contributed by atoms with Crippen LogP contribution in [0.15, 0.2) is 49.1 Å². The van der Waals surface area contributed by atoms with Crippen LogP contribution in [-0.2, 0) is 0 Å². The summed E-state index contributed by atoms with van der Waals surface area (Å²) in [5.41, 5.74) is 0.540. The topological polar surface area (TPSA) is 80.9 Å². The third-order valence-electron chi connectivity index (χ3n) is 2.85. The SMILES string of the molecule is O=C(O)c1cn(-c2ccccc2F)nc1-c1cnccn1. The molecule has 0 aliphatic heterocycles. The number of carboxylic acids is 1. The van der Waals surface area contributed by atoms with Gasteiger partial charge in [-0.15, -0.1) is 0 Å². The van der Waals surface area contributed by atoms with E-state index < -0.39 is 11.8 Å². The summed E-state index contributed by atoms with van der Waals surface area (Å²) in [5, 5.41) is 13.4. The van der Waals surface area contributed by atoms with E-state index in [-0.39, 0.29) is 16.9 Å². The second-order valence-electron chi connectivity index (χ2n) is 4.18. The largest absolute Gasteiger partial charge is 0.478 e. The van der Waals surface area contributed by atoms with E-state index in [9.17, 15) is 14.3 Å². The summed E-state index contributed by atoms with van der Waals surface area (Å²) < 4.78 is 15.0. The number of para-hydroxylation sites is 1. The Labute approximate surface area is 118 Å². The molecular formula is C14H9FN4O2. The van der Waals surface area contributed by atoms with E-state index in [1.165, 1.54) is 41.6 Å². The predicted molar refractivity (Wildman–Crippen MR) is 71.5 cm³/mol. The van der Waals surface area contributed by atoms with E-state index in [0.717, 1.165) is 0 Å². The molecule has 0 atom stereocenters. The van der Waals surface area contributed by atoms with Crippen LogP contribution in [0, 0.1) is 5.82 Å². The van der Waals surface area contributed by atoms with Gasteiger partial charge >= 0.3 is 5.97 Å². The van der Waals surface area contributed by atoms with Gasteiger partial charge in [-0.3, -0.25) is 9.97 Å². The van der Waals surface area contributed by atoms with Gasteiger partial charge in [0.25, 0.3) is 0 Å². The highest BCUT2D eigenvalue weighted by Gasteiger charge is 2.19. The maximum Gasteiger partial charge on any atom is 0.339 e. The fourth-order valence-corrected chi connectivity index (χ4v) is 1.90. The van der Waals surface area contributed by atoms with Gasteiger partial charge in [-0.25, -0.2) is 13.9 Å². The first-order chi connectivity index (χ1) is 10.2. The van der Waals surface area contributed by atoms with Crippen molar-refractivity contribution in [3.05, 3.63) is 60.4 Å². The molecule has 0 bridgehead atoms. The van der Waals surface area contributed by atoms with Crippen molar-refractivity contribution in [1.29, 1.82) is 0 Å². The van der Waals surface area contributed by atoms with Gasteiger partial charge in [0.15, 0.2) is 0 Å². The lowest BCUT2D eigenvalue weighted by Gasteiger charge is -2.01. The molecule has 104 valence electrons. The lowest BCUT2D eigenvalue weighted by atomic mass is 10.2. The fourth-order valence-electron chi connectivity index (χ4n) is 1.90. The molecule has 0 aliphatic carbocycles. The summed E-state index contributed by atoms with van der Waals surface area (Å²) >= 11 is 0. The molecule has 0 spiro atoms. The van der Waals surface area contributed by atoms with Gasteiger partial charge in [-0.1, -0.05) is 12.1 Å². The lowest BCUT2D eigenvalue weighted by molar-refractivity contribution is 0.0697. The predicted octanol–water partition coefficient (Wildman–Crippen LogP) is 2.17. The van der Waals surface area contributed by atoms with Crippen molar-refractivity contribution in [3.63, 3.8) is 0 Å². The minimum absolute atomic E-state index is 0.0706. The van der Waals surface area contributed by atoms with Crippen molar-refractivity contribution >= 4 is 5.97 Å². The highest BCUT2D eigenvalue weighted by Crippen LogP contribution is 2.22. The molecule has 2 heterocycles. The zero-order chi connectivity index (χ0) is 14.8. The maximum atomic E-state index is 13.8. The number of carbonyl (C=O) groups is 1. The van der Waals surface area contributed by atoms with Crippen LogP contribution >= 0.6 is 0 Å². The molecule has 0 saturated heterocycles. The summed E-state index contributed by atoms with van der Waals surface area (Å²) in [7, 11) is 0. The van der Waals surface area contributed by atoms with Crippen LogP contribution in [0.25, 0.3) is 17.1 Å². The van der Waals surface area contributed by atoms with E-state index in [4.69, 9.17) is 0 Å². The number of aromatic carboxylic acids is 1. The molecule has 0 saturated carbocycles. The molecule has 1 N–H and O–H groups in total. The van der Waals surface area contributed by atoms with Gasteiger partial charge < -0.3 is 5.11 Å². The average molecular weight is 284 g/mol. The van der Waals surface area contributed by atoms with Crippen molar-refractivity contribution in [2.75, 3.05) is 0 Å². The van der Waals surface area contributed by atoms with Crippen molar-refractivity contribution in [2.24, 2.45) is 0 Å². The molecule has 2 aromatic heterocycles. The van der Waals surface area contributed by atoms with Gasteiger partial charge in [0.2, 0.25) is 0 Å². The maximum absolute atomic E-state index is 13.8. The summed E-state index contributed by atoms with van der Waals surface area (Å²) in [5.74, 6) is -1.67. The molecule has 0 radical (unpaired) electrons. The second kappa shape index (κ2) is 5.12. The minimum Gasteiger partial charge on any atom is -0.478 e. The smallest absolute Gasteiger partial charge is 0.339 e. The average Bonchev–Trinajstić information content (AvgIpc) is 2.94. The summed E-state index contributed by atoms with van der Waals surface area (Å²) in [6.07, 6.45) is 5.56. The zero-order valence-electron chi connectivity index (χ0n) is 10.6. The standard InChI is InChI=1S/C14H9FN4O2/c15-10-3-1-2-4-12(10)19-8-9(14(20)21)13(18-19)11-7-16-5-6-17-11/h1-8H,(H,20,21). The van der Waals surface area contributed by atoms with Crippen LogP contribution in [0.1, 0.15) is 10.4 Å². The number of halogens is 1. The number of nitrogens with zero attached hydrogens (tertiary/aromatic N) is 4. The molecule has 0 unspecified atom stereocenters. The highest BCUT2D eigenvalue weighted by atomic mass is 19.1. The number of aromatic nitrogens is 4. The van der Waals surface area contributed by atoms with Gasteiger partial charge in [0.1, 0.15) is 28.5 Å². The first-order valence-corrected chi connectivity index (χ1v) is 6.01. The van der Waals surface area contributed by atoms with Gasteiger partial charge in [-0.2, -0.15) is 5.10 Å². The molecular weight excluding hydrogens is 275 g/mol. The Morgan fingerprint density at radius 2 is 2.05 bits per heavy atom. The molecule has 3 aromatic rings. The molecule has 0 aliphatic rings. The van der Waals surface area contributed by atoms with Gasteiger partial charge in [-0.05, 0) is 12.1 Å². The van der Waals surface area contributed by atoms with E-state index in [0.29, 0.717) is 5.69 Å². The third kappa shape index (κ3) is 2.36. The quantitative estimate of drug-likeness (QED) is 0.797. The van der Waals surface area contributed by atoms with Crippen molar-refractivity contribution < 1.29 is 14.3 Å². The van der Waals surface area contributed by atoms with Crippen molar-refractivity contribution in [3.8, 4) is 17.1 Å². The first-order valence-electron chi connectivity index (χ1n) is 6.01. The van der Waals surface area contributed by atoms with Gasteiger partial charge in [0.05, 0.1) is 6.20 Å². The number of benzene rings is 1. The van der Waals surface area contributed by atoms with E-state index >= 15 is 0 Å². The Kier molecular flexibility index (Phi) is 3.15. The lowest BCUT2D eigenvalue weighted by Crippen LogP contribution is -1.98. The van der Waals surface area contributed by atoms with Crippen LogP contribution in [-0.4, -0.2) is 30.8 Å². The third-order valence-corrected chi connectivity index (χ3v) is 2.85. The summed E-state index contributed by atoms with van der Waals surface area (Å²) in [6, 6.07) is 5.97. The Bertz CT molecular complexity index is 802. The molecule has 3 rings (SSSR count). The Morgan fingerprint density at radius 3 is 2.71 bits per heavy atom. The second-order valence-corrected chi connectivity index (χ2v) is 4.18.